The van der Waals surface area contributed by atoms with E-state index in [0.717, 1.165) is 17.2 Å². The molecular weight excluding hydrogens is 238 g/mol. The molecule has 3 rings (SSSR count). The van der Waals surface area contributed by atoms with E-state index in [1.807, 2.05) is 24.3 Å². The van der Waals surface area contributed by atoms with Crippen LogP contribution in [-0.2, 0) is 0 Å². The Balaban J connectivity index is 1.90. The van der Waals surface area contributed by atoms with Gasteiger partial charge in [0.25, 0.3) is 0 Å². The number of ether oxygens (including phenoxy) is 2. The molecule has 1 heterocycles. The summed E-state index contributed by atoms with van der Waals surface area (Å²) in [4.78, 5) is 2.24. The number of nitrogens with zero attached hydrogens (tertiary/aromatic N) is 1. The second-order valence-electron chi connectivity index (χ2n) is 4.66. The van der Waals surface area contributed by atoms with Crippen LogP contribution >= 0.6 is 0 Å². The molecular formula is C16H17NO2. The van der Waals surface area contributed by atoms with Gasteiger partial charge in [-0.2, -0.15) is 0 Å². The Morgan fingerprint density at radius 2 is 1.84 bits per heavy atom. The molecule has 3 heteroatoms. The number of rotatable bonds is 2. The zero-order chi connectivity index (χ0) is 13.2. The number of fused-ring (bicyclic) bond motifs is 1. The Morgan fingerprint density at radius 3 is 2.58 bits per heavy atom. The standard InChI is InChI=1S/C16H17NO2/c1-12-15-5-3-4-6-16(15)19-11-17(12)13-7-9-14(18-2)10-8-13/h3-10,12H,11H2,1-2H3. The highest BCUT2D eigenvalue weighted by molar-refractivity contribution is 5.53. The number of methoxy groups -OCH3 is 1. The van der Waals surface area contributed by atoms with Gasteiger partial charge in [-0.15, -0.1) is 0 Å². The lowest BCUT2D eigenvalue weighted by atomic mass is 10.0. The van der Waals surface area contributed by atoms with Crippen molar-refractivity contribution in [3.05, 3.63) is 54.1 Å². The Hall–Kier alpha value is -2.16. The zero-order valence-electron chi connectivity index (χ0n) is 11.2. The van der Waals surface area contributed by atoms with Gasteiger partial charge in [0.1, 0.15) is 11.5 Å². The van der Waals surface area contributed by atoms with Crippen molar-refractivity contribution in [2.75, 3.05) is 18.7 Å². The molecule has 0 aromatic heterocycles. The molecule has 0 saturated carbocycles. The smallest absolute Gasteiger partial charge is 0.162 e. The van der Waals surface area contributed by atoms with Crippen LogP contribution in [0.1, 0.15) is 18.5 Å². The van der Waals surface area contributed by atoms with E-state index >= 15 is 0 Å². The van der Waals surface area contributed by atoms with Gasteiger partial charge in [0, 0.05) is 11.3 Å². The van der Waals surface area contributed by atoms with Crippen molar-refractivity contribution in [1.82, 2.24) is 0 Å². The lowest BCUT2D eigenvalue weighted by molar-refractivity contribution is 0.273. The van der Waals surface area contributed by atoms with E-state index in [0.29, 0.717) is 12.8 Å². The molecule has 1 aliphatic rings. The molecule has 0 fully saturated rings. The van der Waals surface area contributed by atoms with Crippen molar-refractivity contribution >= 4 is 5.69 Å². The van der Waals surface area contributed by atoms with E-state index < -0.39 is 0 Å². The molecule has 0 saturated heterocycles. The van der Waals surface area contributed by atoms with Crippen molar-refractivity contribution < 1.29 is 9.47 Å². The minimum atomic E-state index is 0.304. The molecule has 2 aromatic carbocycles. The first-order chi connectivity index (χ1) is 9.29. The summed E-state index contributed by atoms with van der Waals surface area (Å²) in [6.45, 7) is 2.77. The highest BCUT2D eigenvalue weighted by Crippen LogP contribution is 2.36. The third-order valence-electron chi connectivity index (χ3n) is 3.60. The molecule has 0 radical (unpaired) electrons. The summed E-state index contributed by atoms with van der Waals surface area (Å²) < 4.78 is 11.0. The first-order valence-electron chi connectivity index (χ1n) is 6.42. The van der Waals surface area contributed by atoms with Gasteiger partial charge in [0.2, 0.25) is 0 Å². The SMILES string of the molecule is COc1ccc(N2COc3ccccc3C2C)cc1. The van der Waals surface area contributed by atoms with Crippen molar-refractivity contribution in [3.63, 3.8) is 0 Å². The molecule has 1 aliphatic heterocycles. The monoisotopic (exact) mass is 255 g/mol. The summed E-state index contributed by atoms with van der Waals surface area (Å²) in [6, 6.07) is 16.6. The number of benzene rings is 2. The summed E-state index contributed by atoms with van der Waals surface area (Å²) >= 11 is 0. The van der Waals surface area contributed by atoms with Crippen LogP contribution in [0.15, 0.2) is 48.5 Å². The van der Waals surface area contributed by atoms with Gasteiger partial charge in [0.15, 0.2) is 6.73 Å². The van der Waals surface area contributed by atoms with Gasteiger partial charge in [-0.05, 0) is 37.3 Å². The van der Waals surface area contributed by atoms with Gasteiger partial charge in [-0.1, -0.05) is 18.2 Å². The third kappa shape index (κ3) is 2.12. The van der Waals surface area contributed by atoms with Gasteiger partial charge in [-0.3, -0.25) is 0 Å². The Morgan fingerprint density at radius 1 is 1.11 bits per heavy atom. The second kappa shape index (κ2) is 4.84. The van der Waals surface area contributed by atoms with Gasteiger partial charge in [-0.25, -0.2) is 0 Å². The van der Waals surface area contributed by atoms with Crippen LogP contribution in [-0.4, -0.2) is 13.8 Å². The Labute approximate surface area is 113 Å². The molecule has 0 N–H and O–H groups in total. The topological polar surface area (TPSA) is 21.7 Å². The van der Waals surface area contributed by atoms with Crippen molar-refractivity contribution in [1.29, 1.82) is 0 Å². The quantitative estimate of drug-likeness (QED) is 0.818. The second-order valence-corrected chi connectivity index (χ2v) is 4.66. The molecule has 19 heavy (non-hydrogen) atoms. The Kier molecular flexibility index (Phi) is 3.03. The van der Waals surface area contributed by atoms with Crippen LogP contribution in [0.5, 0.6) is 11.5 Å². The van der Waals surface area contributed by atoms with Crippen LogP contribution < -0.4 is 14.4 Å². The molecule has 0 amide bonds. The van der Waals surface area contributed by atoms with Crippen LogP contribution in [0, 0.1) is 0 Å². The fourth-order valence-electron chi connectivity index (χ4n) is 2.45. The van der Waals surface area contributed by atoms with Gasteiger partial charge >= 0.3 is 0 Å². The van der Waals surface area contributed by atoms with E-state index in [1.165, 1.54) is 5.56 Å². The maximum atomic E-state index is 5.81. The fraction of sp³-hybridized carbons (Fsp3) is 0.250. The van der Waals surface area contributed by atoms with Crippen LogP contribution in [0.25, 0.3) is 0 Å². The third-order valence-corrected chi connectivity index (χ3v) is 3.60. The minimum absolute atomic E-state index is 0.304. The first kappa shape index (κ1) is 11.9. The lowest BCUT2D eigenvalue weighted by Crippen LogP contribution is -2.35. The van der Waals surface area contributed by atoms with E-state index in [9.17, 15) is 0 Å². The van der Waals surface area contributed by atoms with E-state index in [4.69, 9.17) is 9.47 Å². The van der Waals surface area contributed by atoms with Crippen molar-refractivity contribution in [2.24, 2.45) is 0 Å². The van der Waals surface area contributed by atoms with Crippen LogP contribution in [0.4, 0.5) is 5.69 Å². The maximum absolute atomic E-state index is 5.81. The Bertz CT molecular complexity index is 565. The summed E-state index contributed by atoms with van der Waals surface area (Å²) in [5.74, 6) is 1.86. The number of hydrogen-bond acceptors (Lipinski definition) is 3. The first-order valence-corrected chi connectivity index (χ1v) is 6.42. The highest BCUT2D eigenvalue weighted by Gasteiger charge is 2.24. The fourth-order valence-corrected chi connectivity index (χ4v) is 2.45. The molecule has 1 atom stereocenters. The molecule has 98 valence electrons. The molecule has 0 bridgehead atoms. The predicted octanol–water partition coefficient (Wildman–Crippen LogP) is 3.61. The van der Waals surface area contributed by atoms with E-state index in [1.54, 1.807) is 7.11 Å². The molecule has 1 unspecified atom stereocenters. The molecule has 2 aromatic rings. The summed E-state index contributed by atoms with van der Waals surface area (Å²) in [6.07, 6.45) is 0. The van der Waals surface area contributed by atoms with Gasteiger partial charge < -0.3 is 14.4 Å². The molecule has 0 spiro atoms. The zero-order valence-corrected chi connectivity index (χ0v) is 11.2. The van der Waals surface area contributed by atoms with Crippen LogP contribution in [0.2, 0.25) is 0 Å². The lowest BCUT2D eigenvalue weighted by Gasteiger charge is -2.36. The van der Waals surface area contributed by atoms with Crippen molar-refractivity contribution in [2.45, 2.75) is 13.0 Å². The van der Waals surface area contributed by atoms with Gasteiger partial charge in [0.05, 0.1) is 13.2 Å². The minimum Gasteiger partial charge on any atom is -0.497 e. The summed E-state index contributed by atoms with van der Waals surface area (Å²) in [5.41, 5.74) is 2.37. The number of anilines is 1. The van der Waals surface area contributed by atoms with E-state index in [-0.39, 0.29) is 0 Å². The van der Waals surface area contributed by atoms with Crippen LogP contribution in [0.3, 0.4) is 0 Å². The average molecular weight is 255 g/mol. The normalized spacial score (nSPS) is 17.6. The molecule has 0 aliphatic carbocycles. The summed E-state index contributed by atoms with van der Waals surface area (Å²) in [5, 5.41) is 0. The number of para-hydroxylation sites is 1. The largest absolute Gasteiger partial charge is 0.497 e. The number of hydrogen-bond donors (Lipinski definition) is 0. The average Bonchev–Trinajstić information content (AvgIpc) is 2.48. The predicted molar refractivity (Wildman–Crippen MR) is 75.8 cm³/mol. The molecule has 3 nitrogen and oxygen atoms in total. The highest BCUT2D eigenvalue weighted by atomic mass is 16.5. The maximum Gasteiger partial charge on any atom is 0.162 e. The van der Waals surface area contributed by atoms with Crippen molar-refractivity contribution in [3.8, 4) is 11.5 Å². The van der Waals surface area contributed by atoms with E-state index in [2.05, 4.69) is 36.1 Å². The summed E-state index contributed by atoms with van der Waals surface area (Å²) in [7, 11) is 1.68.